The Morgan fingerprint density at radius 1 is 0.875 bits per heavy atom. The standard InChI is InChI=1S/C15H16O/c1-10-8-11(2)12(3)14(9-10)13-6-4-5-7-15(13)16/h4-9,16H,1-3H3. The minimum absolute atomic E-state index is 0.343. The van der Waals surface area contributed by atoms with E-state index >= 15 is 0 Å². The van der Waals surface area contributed by atoms with Gasteiger partial charge in [0.1, 0.15) is 5.75 Å². The van der Waals surface area contributed by atoms with Gasteiger partial charge in [-0.25, -0.2) is 0 Å². The van der Waals surface area contributed by atoms with E-state index in [1.54, 1.807) is 6.07 Å². The normalized spacial score (nSPS) is 10.4. The van der Waals surface area contributed by atoms with E-state index < -0.39 is 0 Å². The fourth-order valence-electron chi connectivity index (χ4n) is 2.02. The van der Waals surface area contributed by atoms with Crippen molar-refractivity contribution in [3.05, 3.63) is 53.1 Å². The van der Waals surface area contributed by atoms with E-state index in [-0.39, 0.29) is 0 Å². The molecule has 0 aromatic heterocycles. The second kappa shape index (κ2) is 4.01. The first-order chi connectivity index (χ1) is 7.59. The molecule has 0 bridgehead atoms. The fraction of sp³-hybridized carbons (Fsp3) is 0.200. The average molecular weight is 212 g/mol. The maximum Gasteiger partial charge on any atom is 0.123 e. The van der Waals surface area contributed by atoms with Gasteiger partial charge in [0.15, 0.2) is 0 Å². The van der Waals surface area contributed by atoms with Crippen molar-refractivity contribution in [3.8, 4) is 16.9 Å². The zero-order chi connectivity index (χ0) is 11.7. The van der Waals surface area contributed by atoms with Gasteiger partial charge in [-0.05, 0) is 43.5 Å². The Balaban J connectivity index is 2.69. The summed E-state index contributed by atoms with van der Waals surface area (Å²) in [5, 5.41) is 9.87. The minimum atomic E-state index is 0.343. The quantitative estimate of drug-likeness (QED) is 0.758. The number of phenolic OH excluding ortho intramolecular Hbond substituents is 1. The molecule has 2 aromatic rings. The van der Waals surface area contributed by atoms with E-state index in [2.05, 4.69) is 32.9 Å². The van der Waals surface area contributed by atoms with E-state index in [1.807, 2.05) is 18.2 Å². The Labute approximate surface area is 96.4 Å². The van der Waals surface area contributed by atoms with Crippen LogP contribution in [0.25, 0.3) is 11.1 Å². The summed E-state index contributed by atoms with van der Waals surface area (Å²) < 4.78 is 0. The first-order valence-corrected chi connectivity index (χ1v) is 5.46. The van der Waals surface area contributed by atoms with E-state index in [9.17, 15) is 5.11 Å². The third kappa shape index (κ3) is 1.81. The second-order valence-electron chi connectivity index (χ2n) is 4.27. The van der Waals surface area contributed by atoms with Crippen LogP contribution in [0.5, 0.6) is 5.75 Å². The van der Waals surface area contributed by atoms with Crippen LogP contribution in [0, 0.1) is 20.8 Å². The minimum Gasteiger partial charge on any atom is -0.507 e. The number of phenols is 1. The molecule has 82 valence electrons. The van der Waals surface area contributed by atoms with Gasteiger partial charge in [0.25, 0.3) is 0 Å². The Hall–Kier alpha value is -1.76. The van der Waals surface area contributed by atoms with Crippen molar-refractivity contribution in [1.82, 2.24) is 0 Å². The summed E-state index contributed by atoms with van der Waals surface area (Å²) >= 11 is 0. The molecule has 1 nitrogen and oxygen atoms in total. The number of hydrogen-bond acceptors (Lipinski definition) is 1. The fourth-order valence-corrected chi connectivity index (χ4v) is 2.02. The molecule has 0 spiro atoms. The monoisotopic (exact) mass is 212 g/mol. The molecule has 0 unspecified atom stereocenters. The van der Waals surface area contributed by atoms with Crippen LogP contribution in [0.2, 0.25) is 0 Å². The van der Waals surface area contributed by atoms with Gasteiger partial charge < -0.3 is 5.11 Å². The van der Waals surface area contributed by atoms with Gasteiger partial charge in [0.05, 0.1) is 0 Å². The molecule has 0 radical (unpaired) electrons. The predicted molar refractivity (Wildman–Crippen MR) is 67.8 cm³/mol. The molecule has 0 heterocycles. The van der Waals surface area contributed by atoms with Crippen molar-refractivity contribution >= 4 is 0 Å². The Bertz CT molecular complexity index is 527. The second-order valence-corrected chi connectivity index (χ2v) is 4.27. The van der Waals surface area contributed by atoms with Gasteiger partial charge in [-0.3, -0.25) is 0 Å². The molecular weight excluding hydrogens is 196 g/mol. The first-order valence-electron chi connectivity index (χ1n) is 5.46. The summed E-state index contributed by atoms with van der Waals surface area (Å²) in [5.74, 6) is 0.343. The summed E-state index contributed by atoms with van der Waals surface area (Å²) in [4.78, 5) is 0. The first kappa shape index (κ1) is 10.7. The van der Waals surface area contributed by atoms with Crippen molar-refractivity contribution in [2.75, 3.05) is 0 Å². The van der Waals surface area contributed by atoms with E-state index in [1.165, 1.54) is 16.7 Å². The molecule has 2 rings (SSSR count). The van der Waals surface area contributed by atoms with Crippen LogP contribution in [0.4, 0.5) is 0 Å². The number of rotatable bonds is 1. The third-order valence-corrected chi connectivity index (χ3v) is 3.01. The highest BCUT2D eigenvalue weighted by atomic mass is 16.3. The Morgan fingerprint density at radius 3 is 2.25 bits per heavy atom. The lowest BCUT2D eigenvalue weighted by Gasteiger charge is -2.11. The van der Waals surface area contributed by atoms with Crippen LogP contribution in [0.15, 0.2) is 36.4 Å². The number of aryl methyl sites for hydroxylation is 2. The molecule has 0 saturated heterocycles. The molecule has 2 aromatic carbocycles. The lowest BCUT2D eigenvalue weighted by atomic mass is 9.94. The van der Waals surface area contributed by atoms with Crippen LogP contribution in [0.1, 0.15) is 16.7 Å². The van der Waals surface area contributed by atoms with E-state index in [0.717, 1.165) is 11.1 Å². The molecule has 0 aliphatic heterocycles. The molecule has 0 atom stereocenters. The lowest BCUT2D eigenvalue weighted by molar-refractivity contribution is 0.477. The van der Waals surface area contributed by atoms with Gasteiger partial charge in [0.2, 0.25) is 0 Å². The van der Waals surface area contributed by atoms with E-state index in [0.29, 0.717) is 5.75 Å². The van der Waals surface area contributed by atoms with Crippen molar-refractivity contribution < 1.29 is 5.11 Å². The van der Waals surface area contributed by atoms with Gasteiger partial charge in [-0.15, -0.1) is 0 Å². The highest BCUT2D eigenvalue weighted by molar-refractivity contribution is 5.74. The van der Waals surface area contributed by atoms with Gasteiger partial charge in [0, 0.05) is 5.56 Å². The van der Waals surface area contributed by atoms with Crippen LogP contribution in [-0.4, -0.2) is 5.11 Å². The largest absolute Gasteiger partial charge is 0.507 e. The van der Waals surface area contributed by atoms with Gasteiger partial charge in [-0.1, -0.05) is 35.9 Å². The predicted octanol–water partition coefficient (Wildman–Crippen LogP) is 3.98. The number of para-hydroxylation sites is 1. The zero-order valence-electron chi connectivity index (χ0n) is 9.91. The Kier molecular flexibility index (Phi) is 2.69. The van der Waals surface area contributed by atoms with E-state index in [4.69, 9.17) is 0 Å². The number of aromatic hydroxyl groups is 1. The third-order valence-electron chi connectivity index (χ3n) is 3.01. The van der Waals surface area contributed by atoms with Crippen molar-refractivity contribution in [2.24, 2.45) is 0 Å². The SMILES string of the molecule is Cc1cc(C)c(C)c(-c2ccccc2O)c1. The van der Waals surface area contributed by atoms with Crippen LogP contribution in [0.3, 0.4) is 0 Å². The summed E-state index contributed by atoms with van der Waals surface area (Å²) in [7, 11) is 0. The van der Waals surface area contributed by atoms with Crippen LogP contribution in [-0.2, 0) is 0 Å². The van der Waals surface area contributed by atoms with Gasteiger partial charge in [-0.2, -0.15) is 0 Å². The summed E-state index contributed by atoms with van der Waals surface area (Å²) in [6.07, 6.45) is 0. The Morgan fingerprint density at radius 2 is 1.56 bits per heavy atom. The highest BCUT2D eigenvalue weighted by Crippen LogP contribution is 2.33. The molecule has 0 aliphatic rings. The highest BCUT2D eigenvalue weighted by Gasteiger charge is 2.08. The number of hydrogen-bond donors (Lipinski definition) is 1. The summed E-state index contributed by atoms with van der Waals surface area (Å²) in [5.41, 5.74) is 5.74. The van der Waals surface area contributed by atoms with Gasteiger partial charge >= 0.3 is 0 Å². The van der Waals surface area contributed by atoms with Crippen molar-refractivity contribution in [1.29, 1.82) is 0 Å². The van der Waals surface area contributed by atoms with Crippen molar-refractivity contribution in [3.63, 3.8) is 0 Å². The maximum absolute atomic E-state index is 9.87. The average Bonchev–Trinajstić information content (AvgIpc) is 2.24. The smallest absolute Gasteiger partial charge is 0.123 e. The molecule has 0 amide bonds. The van der Waals surface area contributed by atoms with Crippen LogP contribution >= 0.6 is 0 Å². The molecular formula is C15H16O. The lowest BCUT2D eigenvalue weighted by Crippen LogP contribution is -1.89. The van der Waals surface area contributed by atoms with Crippen molar-refractivity contribution in [2.45, 2.75) is 20.8 Å². The molecule has 1 heteroatoms. The topological polar surface area (TPSA) is 20.2 Å². The zero-order valence-corrected chi connectivity index (χ0v) is 9.91. The summed E-state index contributed by atoms with van der Waals surface area (Å²) in [6.45, 7) is 6.28. The van der Waals surface area contributed by atoms with Crippen LogP contribution < -0.4 is 0 Å². The molecule has 0 saturated carbocycles. The molecule has 1 N–H and O–H groups in total. The molecule has 0 fully saturated rings. The molecule has 0 aliphatic carbocycles. The number of benzene rings is 2. The molecule has 16 heavy (non-hydrogen) atoms. The summed E-state index contributed by atoms with van der Waals surface area (Å²) in [6, 6.07) is 11.8. The maximum atomic E-state index is 9.87.